The minimum Gasteiger partial charge on any atom is -0.447 e. The van der Waals surface area contributed by atoms with Crippen LogP contribution in [0.5, 0.6) is 0 Å². The van der Waals surface area contributed by atoms with Crippen LogP contribution in [-0.2, 0) is 20.8 Å². The Kier molecular flexibility index (Phi) is 4.41. The van der Waals surface area contributed by atoms with Gasteiger partial charge in [0.25, 0.3) is 0 Å². The van der Waals surface area contributed by atoms with Gasteiger partial charge in [0, 0.05) is 18.4 Å². The quantitative estimate of drug-likeness (QED) is 0.864. The number of halogens is 2. The first-order chi connectivity index (χ1) is 12.8. The third-order valence-corrected chi connectivity index (χ3v) is 5.24. The Labute approximate surface area is 154 Å². The molecule has 1 saturated carbocycles. The van der Waals surface area contributed by atoms with Gasteiger partial charge >= 0.3 is 12.2 Å². The lowest BCUT2D eigenvalue weighted by Gasteiger charge is -2.46. The Balaban J connectivity index is 1.17. The minimum absolute atomic E-state index is 0.0251. The van der Waals surface area contributed by atoms with Crippen molar-refractivity contribution in [3.63, 3.8) is 0 Å². The molecule has 4 rings (SSSR count). The molecule has 3 aliphatic rings. The maximum absolute atomic E-state index is 13.8. The van der Waals surface area contributed by atoms with E-state index in [1.54, 1.807) is 0 Å². The summed E-state index contributed by atoms with van der Waals surface area (Å²) in [6.07, 6.45) is -0.283. The van der Waals surface area contributed by atoms with E-state index >= 15 is 0 Å². The molecule has 9 heteroatoms. The Morgan fingerprint density at radius 2 is 2.04 bits per heavy atom. The number of carbonyl (C=O) groups is 2. The average molecular weight is 382 g/mol. The van der Waals surface area contributed by atoms with Crippen LogP contribution in [0.2, 0.25) is 0 Å². The zero-order valence-electron chi connectivity index (χ0n) is 14.8. The highest BCUT2D eigenvalue weighted by molar-refractivity contribution is 5.74. The van der Waals surface area contributed by atoms with Crippen LogP contribution in [0.1, 0.15) is 24.0 Å². The summed E-state index contributed by atoms with van der Waals surface area (Å²) in [5.74, 6) is -1.74. The van der Waals surface area contributed by atoms with Gasteiger partial charge in [0.2, 0.25) is 0 Å². The van der Waals surface area contributed by atoms with Crippen molar-refractivity contribution >= 4 is 12.2 Å². The second kappa shape index (κ2) is 6.63. The molecule has 3 fully saturated rings. The monoisotopic (exact) mass is 382 g/mol. The zero-order chi connectivity index (χ0) is 19.2. The Bertz CT molecular complexity index is 775. The van der Waals surface area contributed by atoms with E-state index in [9.17, 15) is 18.4 Å². The van der Waals surface area contributed by atoms with Gasteiger partial charge in [-0.05, 0) is 12.5 Å². The topological polar surface area (TPSA) is 77.1 Å². The number of carbonyl (C=O) groups excluding carboxylic acids is 2. The number of nitrogens with zero attached hydrogens (tertiary/aromatic N) is 1. The van der Waals surface area contributed by atoms with E-state index in [0.29, 0.717) is 25.9 Å². The number of benzene rings is 1. The predicted molar refractivity (Wildman–Crippen MR) is 88.0 cm³/mol. The number of ether oxygens (including phenoxy) is 3. The van der Waals surface area contributed by atoms with Crippen LogP contribution in [0, 0.1) is 18.6 Å². The summed E-state index contributed by atoms with van der Waals surface area (Å²) in [6, 6.07) is 3.02. The van der Waals surface area contributed by atoms with Crippen molar-refractivity contribution in [3.8, 4) is 0 Å². The molecule has 1 aromatic rings. The summed E-state index contributed by atoms with van der Waals surface area (Å²) >= 11 is 0. The second-order valence-electron chi connectivity index (χ2n) is 7.42. The fourth-order valence-corrected chi connectivity index (χ4v) is 3.45. The van der Waals surface area contributed by atoms with Gasteiger partial charge in [0.15, 0.2) is 11.6 Å². The molecule has 2 saturated heterocycles. The molecule has 1 N–H and O–H groups in total. The molecule has 2 aliphatic heterocycles. The van der Waals surface area contributed by atoms with E-state index in [0.717, 1.165) is 0 Å². The van der Waals surface area contributed by atoms with E-state index < -0.39 is 29.4 Å². The number of amides is 2. The molecule has 7 nitrogen and oxygen atoms in total. The smallest absolute Gasteiger partial charge is 0.410 e. The van der Waals surface area contributed by atoms with Crippen LogP contribution in [0.4, 0.5) is 18.4 Å². The summed E-state index contributed by atoms with van der Waals surface area (Å²) in [5.41, 5.74) is -0.0528. The molecule has 0 atom stereocenters. The van der Waals surface area contributed by atoms with Crippen molar-refractivity contribution in [2.45, 2.75) is 44.1 Å². The summed E-state index contributed by atoms with van der Waals surface area (Å²) in [4.78, 5) is 24.7. The first kappa shape index (κ1) is 18.0. The summed E-state index contributed by atoms with van der Waals surface area (Å²) < 4.78 is 43.1. The molecular formula is C18H20F2N2O5. The molecule has 0 bridgehead atoms. The zero-order valence-corrected chi connectivity index (χ0v) is 14.8. The number of nitrogens with one attached hydrogen (secondary N) is 1. The van der Waals surface area contributed by atoms with Crippen LogP contribution in [0.15, 0.2) is 12.1 Å². The van der Waals surface area contributed by atoms with Gasteiger partial charge in [-0.1, -0.05) is 12.1 Å². The van der Waals surface area contributed by atoms with E-state index in [1.165, 1.54) is 24.0 Å². The maximum Gasteiger partial charge on any atom is 0.410 e. The third kappa shape index (κ3) is 3.43. The summed E-state index contributed by atoms with van der Waals surface area (Å²) in [7, 11) is 0. The highest BCUT2D eigenvalue weighted by Crippen LogP contribution is 2.31. The van der Waals surface area contributed by atoms with E-state index in [4.69, 9.17) is 14.2 Å². The summed E-state index contributed by atoms with van der Waals surface area (Å²) in [5, 5.41) is 2.70. The van der Waals surface area contributed by atoms with Crippen LogP contribution in [0.25, 0.3) is 0 Å². The molecule has 27 heavy (non-hydrogen) atoms. The number of aryl methyl sites for hydroxylation is 1. The molecule has 0 unspecified atom stereocenters. The Morgan fingerprint density at radius 3 is 2.70 bits per heavy atom. The lowest BCUT2D eigenvalue weighted by Crippen LogP contribution is -2.70. The number of likely N-dealkylation sites (tertiary alicyclic amines) is 1. The Hall–Kier alpha value is -2.42. The van der Waals surface area contributed by atoms with E-state index in [1.807, 2.05) is 0 Å². The van der Waals surface area contributed by atoms with Crippen LogP contribution < -0.4 is 5.32 Å². The van der Waals surface area contributed by atoms with Gasteiger partial charge in [-0.15, -0.1) is 0 Å². The van der Waals surface area contributed by atoms with Gasteiger partial charge in [-0.25, -0.2) is 18.4 Å². The number of hydrogen-bond donors (Lipinski definition) is 1. The van der Waals surface area contributed by atoms with Crippen LogP contribution in [0.3, 0.4) is 0 Å². The first-order valence-corrected chi connectivity index (χ1v) is 8.81. The van der Waals surface area contributed by atoms with Crippen molar-refractivity contribution in [2.75, 3.05) is 19.7 Å². The molecule has 2 heterocycles. The standard InChI is InChI=1S/C18H20F2N2O5/c1-10-2-3-11(15(20)14(10)19)6-25-12-4-13(5-12)27-17(24)22-7-18(8-22)9-26-16(23)21-18/h2-3,12-13H,4-9H2,1H3,(H,21,23)/t12-,13+. The minimum atomic E-state index is -0.882. The summed E-state index contributed by atoms with van der Waals surface area (Å²) in [6.45, 7) is 2.46. The average Bonchev–Trinajstić information content (AvgIpc) is 2.97. The van der Waals surface area contributed by atoms with Crippen molar-refractivity contribution in [3.05, 3.63) is 34.9 Å². The molecule has 0 aromatic heterocycles. The molecule has 146 valence electrons. The van der Waals surface area contributed by atoms with Crippen molar-refractivity contribution in [1.29, 1.82) is 0 Å². The molecule has 1 spiro atoms. The fraction of sp³-hybridized carbons (Fsp3) is 0.556. The van der Waals surface area contributed by atoms with Crippen LogP contribution >= 0.6 is 0 Å². The van der Waals surface area contributed by atoms with Crippen molar-refractivity contribution < 1.29 is 32.6 Å². The molecule has 0 radical (unpaired) electrons. The number of cyclic esters (lactones) is 1. The van der Waals surface area contributed by atoms with Gasteiger partial charge in [-0.3, -0.25) is 0 Å². The molecule has 2 amide bonds. The largest absolute Gasteiger partial charge is 0.447 e. The Morgan fingerprint density at radius 1 is 1.30 bits per heavy atom. The van der Waals surface area contributed by atoms with Crippen molar-refractivity contribution in [2.24, 2.45) is 0 Å². The maximum atomic E-state index is 13.8. The lowest BCUT2D eigenvalue weighted by atomic mass is 9.91. The van der Waals surface area contributed by atoms with E-state index in [2.05, 4.69) is 5.32 Å². The van der Waals surface area contributed by atoms with Gasteiger partial charge in [0.05, 0.1) is 25.8 Å². The van der Waals surface area contributed by atoms with E-state index in [-0.39, 0.29) is 36.5 Å². The number of alkyl carbamates (subject to hydrolysis) is 1. The lowest BCUT2D eigenvalue weighted by molar-refractivity contribution is -0.0933. The number of hydrogen-bond acceptors (Lipinski definition) is 5. The number of rotatable bonds is 4. The van der Waals surface area contributed by atoms with Gasteiger partial charge < -0.3 is 24.4 Å². The molecule has 1 aromatic carbocycles. The van der Waals surface area contributed by atoms with Gasteiger partial charge in [0.1, 0.15) is 18.2 Å². The molecule has 1 aliphatic carbocycles. The predicted octanol–water partition coefficient (Wildman–Crippen LogP) is 2.25. The van der Waals surface area contributed by atoms with Crippen LogP contribution in [-0.4, -0.2) is 54.5 Å². The highest BCUT2D eigenvalue weighted by atomic mass is 19.2. The normalized spacial score (nSPS) is 25.4. The third-order valence-electron chi connectivity index (χ3n) is 5.24. The van der Waals surface area contributed by atoms with Gasteiger partial charge in [-0.2, -0.15) is 0 Å². The second-order valence-corrected chi connectivity index (χ2v) is 7.42. The molecular weight excluding hydrogens is 362 g/mol. The first-order valence-electron chi connectivity index (χ1n) is 8.81. The highest BCUT2D eigenvalue weighted by Gasteiger charge is 2.52. The van der Waals surface area contributed by atoms with Crippen molar-refractivity contribution in [1.82, 2.24) is 10.2 Å². The fourth-order valence-electron chi connectivity index (χ4n) is 3.45. The SMILES string of the molecule is Cc1ccc(CO[C@H]2C[C@@H](OC(=O)N3CC4(COC(=O)N4)C3)C2)c(F)c1F.